The second-order valence-corrected chi connectivity index (χ2v) is 7.64. The van der Waals surface area contributed by atoms with E-state index in [9.17, 15) is 4.39 Å². The minimum Gasteiger partial charge on any atom is -0.497 e. The molecule has 0 saturated carbocycles. The lowest BCUT2D eigenvalue weighted by Gasteiger charge is -2.16. The summed E-state index contributed by atoms with van der Waals surface area (Å²) in [6.45, 7) is 1.48. The van der Waals surface area contributed by atoms with Gasteiger partial charge in [0, 0.05) is 17.6 Å². The Balaban J connectivity index is 1.84. The lowest BCUT2D eigenvalue weighted by atomic mass is 10.1. The highest BCUT2D eigenvalue weighted by Gasteiger charge is 2.20. The molecule has 0 bridgehead atoms. The molecule has 152 valence electrons. The van der Waals surface area contributed by atoms with E-state index in [1.807, 2.05) is 18.2 Å². The SMILES string of the molecule is COc1ccc(OC)c(-c2csc(=Nc3ccc(F)cc3)n2CC2CCCO2)c1. The maximum absolute atomic E-state index is 13.3. The Bertz CT molecular complexity index is 1040. The molecule has 0 aliphatic carbocycles. The Morgan fingerprint density at radius 1 is 1.17 bits per heavy atom. The predicted octanol–water partition coefficient (Wildman–Crippen LogP) is 4.78. The molecular formula is C22H23FN2O3S. The summed E-state index contributed by atoms with van der Waals surface area (Å²) >= 11 is 1.54. The molecule has 1 atom stereocenters. The molecule has 0 radical (unpaired) electrons. The van der Waals surface area contributed by atoms with Crippen molar-refractivity contribution in [2.75, 3.05) is 20.8 Å². The highest BCUT2D eigenvalue weighted by atomic mass is 32.1. The molecule has 1 fully saturated rings. The number of aromatic nitrogens is 1. The zero-order chi connectivity index (χ0) is 20.2. The lowest BCUT2D eigenvalue weighted by Crippen LogP contribution is -2.24. The van der Waals surface area contributed by atoms with Gasteiger partial charge in [0.05, 0.1) is 38.2 Å². The first kappa shape index (κ1) is 19.7. The van der Waals surface area contributed by atoms with Gasteiger partial charge in [-0.3, -0.25) is 0 Å². The molecule has 1 aromatic heterocycles. The van der Waals surface area contributed by atoms with E-state index in [4.69, 9.17) is 19.2 Å². The van der Waals surface area contributed by atoms with E-state index in [2.05, 4.69) is 9.95 Å². The summed E-state index contributed by atoms with van der Waals surface area (Å²) < 4.78 is 32.3. The smallest absolute Gasteiger partial charge is 0.190 e. The number of thiazole rings is 1. The van der Waals surface area contributed by atoms with E-state index >= 15 is 0 Å². The summed E-state index contributed by atoms with van der Waals surface area (Å²) in [5.74, 6) is 1.25. The van der Waals surface area contributed by atoms with Gasteiger partial charge in [0.25, 0.3) is 0 Å². The normalized spacial score (nSPS) is 16.9. The van der Waals surface area contributed by atoms with Gasteiger partial charge < -0.3 is 18.8 Å². The molecule has 29 heavy (non-hydrogen) atoms. The second kappa shape index (κ2) is 8.80. The predicted molar refractivity (Wildman–Crippen MR) is 111 cm³/mol. The standard InChI is InChI=1S/C22H23FN2O3S/c1-26-17-9-10-21(27-2)19(12-17)20-14-29-22(24-16-7-5-15(23)6-8-16)25(20)13-18-4-3-11-28-18/h5-10,12,14,18H,3-4,11,13H2,1-2H3. The quantitative estimate of drug-likeness (QED) is 0.583. The van der Waals surface area contributed by atoms with Crippen LogP contribution in [-0.2, 0) is 11.3 Å². The monoisotopic (exact) mass is 414 g/mol. The molecule has 5 nitrogen and oxygen atoms in total. The third-order valence-corrected chi connectivity index (χ3v) is 5.81. The van der Waals surface area contributed by atoms with Crippen LogP contribution in [0.5, 0.6) is 11.5 Å². The first-order valence-corrected chi connectivity index (χ1v) is 10.4. The Hall–Kier alpha value is -2.64. The van der Waals surface area contributed by atoms with E-state index in [1.54, 1.807) is 26.4 Å². The van der Waals surface area contributed by atoms with Crippen LogP contribution in [-0.4, -0.2) is 31.5 Å². The minimum absolute atomic E-state index is 0.145. The van der Waals surface area contributed by atoms with Crippen LogP contribution in [0.2, 0.25) is 0 Å². The number of ether oxygens (including phenoxy) is 3. The van der Waals surface area contributed by atoms with Gasteiger partial charge in [-0.15, -0.1) is 11.3 Å². The van der Waals surface area contributed by atoms with Crippen LogP contribution in [0.4, 0.5) is 10.1 Å². The fourth-order valence-corrected chi connectivity index (χ4v) is 4.37. The van der Waals surface area contributed by atoms with E-state index in [0.29, 0.717) is 12.2 Å². The molecule has 1 saturated heterocycles. The summed E-state index contributed by atoms with van der Waals surface area (Å²) in [6, 6.07) is 11.9. The number of hydrogen-bond donors (Lipinski definition) is 0. The van der Waals surface area contributed by atoms with Crippen molar-refractivity contribution < 1.29 is 18.6 Å². The van der Waals surface area contributed by atoms with Gasteiger partial charge in [-0.05, 0) is 55.3 Å². The zero-order valence-corrected chi connectivity index (χ0v) is 17.2. The number of rotatable bonds is 6. The maximum atomic E-state index is 13.3. The third kappa shape index (κ3) is 4.36. The molecule has 0 spiro atoms. The minimum atomic E-state index is -0.274. The van der Waals surface area contributed by atoms with E-state index in [-0.39, 0.29) is 11.9 Å². The van der Waals surface area contributed by atoms with Crippen LogP contribution >= 0.6 is 11.3 Å². The van der Waals surface area contributed by atoms with Crippen LogP contribution in [0, 0.1) is 5.82 Å². The molecule has 2 heterocycles. The number of hydrogen-bond acceptors (Lipinski definition) is 5. The third-order valence-electron chi connectivity index (χ3n) is 4.94. The number of benzene rings is 2. The number of nitrogens with zero attached hydrogens (tertiary/aromatic N) is 2. The fraction of sp³-hybridized carbons (Fsp3) is 0.318. The largest absolute Gasteiger partial charge is 0.497 e. The van der Waals surface area contributed by atoms with Crippen molar-refractivity contribution in [2.24, 2.45) is 4.99 Å². The van der Waals surface area contributed by atoms with Gasteiger partial charge >= 0.3 is 0 Å². The summed E-state index contributed by atoms with van der Waals surface area (Å²) in [7, 11) is 3.31. The van der Waals surface area contributed by atoms with Crippen LogP contribution in [0.15, 0.2) is 52.8 Å². The summed E-state index contributed by atoms with van der Waals surface area (Å²) in [4.78, 5) is 5.58. The topological polar surface area (TPSA) is 45.0 Å². The van der Waals surface area contributed by atoms with Gasteiger partial charge in [0.2, 0.25) is 0 Å². The number of methoxy groups -OCH3 is 2. The van der Waals surface area contributed by atoms with Crippen LogP contribution in [0.3, 0.4) is 0 Å². The molecule has 3 aromatic rings. The van der Waals surface area contributed by atoms with Gasteiger partial charge in [0.15, 0.2) is 4.80 Å². The number of halogens is 1. The highest BCUT2D eigenvalue weighted by Crippen LogP contribution is 2.34. The van der Waals surface area contributed by atoms with Crippen molar-refractivity contribution in [1.29, 1.82) is 0 Å². The summed E-state index contributed by atoms with van der Waals surface area (Å²) in [6.07, 6.45) is 2.23. The molecule has 4 rings (SSSR count). The summed E-state index contributed by atoms with van der Waals surface area (Å²) in [5, 5.41) is 2.06. The molecule has 0 amide bonds. The van der Waals surface area contributed by atoms with Crippen molar-refractivity contribution in [3.05, 3.63) is 58.5 Å². The van der Waals surface area contributed by atoms with Gasteiger partial charge in [0.1, 0.15) is 17.3 Å². The Morgan fingerprint density at radius 2 is 2.00 bits per heavy atom. The van der Waals surface area contributed by atoms with Crippen molar-refractivity contribution in [3.8, 4) is 22.8 Å². The van der Waals surface area contributed by atoms with Gasteiger partial charge in [-0.25, -0.2) is 9.38 Å². The van der Waals surface area contributed by atoms with Crippen molar-refractivity contribution >= 4 is 17.0 Å². The van der Waals surface area contributed by atoms with Crippen LogP contribution in [0.1, 0.15) is 12.8 Å². The molecule has 1 unspecified atom stereocenters. The van der Waals surface area contributed by atoms with Crippen molar-refractivity contribution in [1.82, 2.24) is 4.57 Å². The average molecular weight is 415 g/mol. The Morgan fingerprint density at radius 3 is 2.69 bits per heavy atom. The molecule has 1 aliphatic heterocycles. The maximum Gasteiger partial charge on any atom is 0.190 e. The molecular weight excluding hydrogens is 391 g/mol. The Labute approximate surface area is 173 Å². The van der Waals surface area contributed by atoms with Gasteiger partial charge in [-0.2, -0.15) is 0 Å². The second-order valence-electron chi connectivity index (χ2n) is 6.80. The van der Waals surface area contributed by atoms with Gasteiger partial charge in [-0.1, -0.05) is 0 Å². The van der Waals surface area contributed by atoms with Crippen molar-refractivity contribution in [3.63, 3.8) is 0 Å². The van der Waals surface area contributed by atoms with Crippen LogP contribution in [0.25, 0.3) is 11.3 Å². The zero-order valence-electron chi connectivity index (χ0n) is 16.4. The Kier molecular flexibility index (Phi) is 5.97. The first-order chi connectivity index (χ1) is 14.2. The molecule has 7 heteroatoms. The van der Waals surface area contributed by atoms with Crippen LogP contribution < -0.4 is 14.3 Å². The fourth-order valence-electron chi connectivity index (χ4n) is 3.44. The highest BCUT2D eigenvalue weighted by molar-refractivity contribution is 7.07. The van der Waals surface area contributed by atoms with E-state index in [1.165, 1.54) is 23.5 Å². The van der Waals surface area contributed by atoms with E-state index in [0.717, 1.165) is 47.0 Å². The first-order valence-electron chi connectivity index (χ1n) is 9.50. The summed E-state index contributed by atoms with van der Waals surface area (Å²) in [5.41, 5.74) is 2.63. The lowest BCUT2D eigenvalue weighted by molar-refractivity contribution is 0.0968. The van der Waals surface area contributed by atoms with E-state index < -0.39 is 0 Å². The molecule has 1 aliphatic rings. The van der Waals surface area contributed by atoms with Crippen molar-refractivity contribution in [2.45, 2.75) is 25.5 Å². The molecule has 2 aromatic carbocycles. The average Bonchev–Trinajstić information content (AvgIpc) is 3.40. The molecule has 0 N–H and O–H groups in total.